The minimum Gasteiger partial charge on any atom is -0.339 e. The maximum atomic E-state index is 10.0. The standard InChI is InChI=1S/C6H6N3OP3/c10-13(8-11-7-12-9-13)6-4-2-1-3-5-6/h1-5,10H. The Morgan fingerprint density at radius 2 is 1.92 bits per heavy atom. The summed E-state index contributed by atoms with van der Waals surface area (Å²) in [4.78, 5) is 10.0. The molecule has 0 bridgehead atoms. The van der Waals surface area contributed by atoms with Crippen molar-refractivity contribution in [3.05, 3.63) is 30.3 Å². The molecule has 0 radical (unpaired) electrons. The molecule has 0 saturated heterocycles. The van der Waals surface area contributed by atoms with Crippen molar-refractivity contribution in [3.8, 4) is 0 Å². The van der Waals surface area contributed by atoms with Crippen LogP contribution in [0.1, 0.15) is 0 Å². The molecule has 0 saturated carbocycles. The van der Waals surface area contributed by atoms with Gasteiger partial charge in [-0.05, 0) is 12.1 Å². The molecule has 1 atom stereocenters. The molecule has 1 unspecified atom stereocenters. The first-order chi connectivity index (χ1) is 6.31. The molecule has 0 aromatic heterocycles. The van der Waals surface area contributed by atoms with Crippen molar-refractivity contribution in [1.82, 2.24) is 0 Å². The van der Waals surface area contributed by atoms with Crippen molar-refractivity contribution < 1.29 is 4.89 Å². The molecule has 0 fully saturated rings. The van der Waals surface area contributed by atoms with Gasteiger partial charge in [-0.15, -0.1) is 0 Å². The van der Waals surface area contributed by atoms with Crippen LogP contribution in [0.4, 0.5) is 0 Å². The summed E-state index contributed by atoms with van der Waals surface area (Å²) in [6.07, 6.45) is 0. The van der Waals surface area contributed by atoms with Crippen molar-refractivity contribution >= 4 is 29.8 Å². The predicted molar refractivity (Wildman–Crippen MR) is 56.3 cm³/mol. The van der Waals surface area contributed by atoms with E-state index in [1.54, 1.807) is 0 Å². The minimum atomic E-state index is -2.58. The molecule has 1 aromatic carbocycles. The third kappa shape index (κ3) is 1.92. The molecule has 0 amide bonds. The predicted octanol–water partition coefficient (Wildman–Crippen LogP) is 3.44. The second kappa shape index (κ2) is 3.77. The van der Waals surface area contributed by atoms with Crippen LogP contribution in [-0.2, 0) is 0 Å². The first-order valence-corrected chi connectivity index (χ1v) is 6.78. The highest BCUT2D eigenvalue weighted by Gasteiger charge is 2.17. The maximum absolute atomic E-state index is 10.0. The molecule has 0 aliphatic carbocycles. The summed E-state index contributed by atoms with van der Waals surface area (Å²) in [5, 5.41) is 0.796. The summed E-state index contributed by atoms with van der Waals surface area (Å²) in [5.74, 6) is 0. The maximum Gasteiger partial charge on any atom is 0.240 e. The molecule has 2 rings (SSSR count). The molecule has 66 valence electrons. The highest BCUT2D eigenvalue weighted by Crippen LogP contribution is 2.53. The van der Waals surface area contributed by atoms with Crippen LogP contribution in [0.15, 0.2) is 43.9 Å². The van der Waals surface area contributed by atoms with Crippen LogP contribution in [0.2, 0.25) is 0 Å². The van der Waals surface area contributed by atoms with Gasteiger partial charge in [-0.2, -0.15) is 13.5 Å². The van der Waals surface area contributed by atoms with Gasteiger partial charge in [0.15, 0.2) is 17.0 Å². The number of nitrogens with zero attached hydrogens (tertiary/aromatic N) is 3. The lowest BCUT2D eigenvalue weighted by atomic mass is 10.4. The van der Waals surface area contributed by atoms with Crippen molar-refractivity contribution in [2.24, 2.45) is 13.5 Å². The highest BCUT2D eigenvalue weighted by molar-refractivity contribution is 7.74. The SMILES string of the molecule is OP1(c2ccccc2)=NP=NP=N1. The second-order valence-electron chi connectivity index (χ2n) is 2.35. The van der Waals surface area contributed by atoms with E-state index in [4.69, 9.17) is 0 Å². The fourth-order valence-corrected chi connectivity index (χ4v) is 4.74. The van der Waals surface area contributed by atoms with Gasteiger partial charge >= 0.3 is 0 Å². The third-order valence-electron chi connectivity index (χ3n) is 1.51. The smallest absolute Gasteiger partial charge is 0.240 e. The molecule has 13 heavy (non-hydrogen) atoms. The molecule has 4 nitrogen and oxygen atoms in total. The largest absolute Gasteiger partial charge is 0.339 e. The molecular formula is C6H6N3OP3. The van der Waals surface area contributed by atoms with Crippen LogP contribution in [0.5, 0.6) is 0 Å². The Kier molecular flexibility index (Phi) is 2.66. The van der Waals surface area contributed by atoms with Crippen molar-refractivity contribution in [2.75, 3.05) is 0 Å². The number of hydrogen-bond acceptors (Lipinski definition) is 3. The monoisotopic (exact) mass is 229 g/mol. The van der Waals surface area contributed by atoms with Crippen LogP contribution < -0.4 is 5.30 Å². The summed E-state index contributed by atoms with van der Waals surface area (Å²) in [5.41, 5.74) is 0. The Bertz CT molecular complexity index is 414. The number of benzene rings is 1. The zero-order valence-corrected chi connectivity index (χ0v) is 9.20. The van der Waals surface area contributed by atoms with E-state index in [0.717, 1.165) is 5.30 Å². The zero-order chi connectivity index (χ0) is 9.15. The van der Waals surface area contributed by atoms with Crippen LogP contribution >= 0.6 is 24.5 Å². The Labute approximate surface area is 79.1 Å². The fraction of sp³-hybridized carbons (Fsp3) is 0. The molecule has 1 N–H and O–H groups in total. The summed E-state index contributed by atoms with van der Waals surface area (Å²) in [6, 6.07) is 9.34. The van der Waals surface area contributed by atoms with E-state index >= 15 is 0 Å². The third-order valence-corrected chi connectivity index (χ3v) is 5.78. The summed E-state index contributed by atoms with van der Waals surface area (Å²) < 4.78 is 11.9. The molecule has 0 spiro atoms. The zero-order valence-electron chi connectivity index (χ0n) is 6.52. The number of rotatable bonds is 1. The van der Waals surface area contributed by atoms with Crippen molar-refractivity contribution in [2.45, 2.75) is 0 Å². The Morgan fingerprint density at radius 1 is 1.15 bits per heavy atom. The van der Waals surface area contributed by atoms with E-state index < -0.39 is 7.43 Å². The molecule has 7 heteroatoms. The lowest BCUT2D eigenvalue weighted by Gasteiger charge is -2.11. The van der Waals surface area contributed by atoms with Gasteiger partial charge in [-0.1, -0.05) is 18.2 Å². The minimum absolute atomic E-state index is 0.581. The van der Waals surface area contributed by atoms with Gasteiger partial charge in [0.05, 0.1) is 0 Å². The lowest BCUT2D eigenvalue weighted by Crippen LogP contribution is -2.00. The normalized spacial score (nSPS) is 28.1. The first kappa shape index (κ1) is 9.18. The quantitative estimate of drug-likeness (QED) is 0.736. The molecule has 1 aliphatic rings. The van der Waals surface area contributed by atoms with Crippen molar-refractivity contribution in [3.63, 3.8) is 0 Å². The van der Waals surface area contributed by atoms with Gasteiger partial charge in [0.25, 0.3) is 0 Å². The van der Waals surface area contributed by atoms with E-state index in [0.29, 0.717) is 17.0 Å². The van der Waals surface area contributed by atoms with Gasteiger partial charge < -0.3 is 4.89 Å². The van der Waals surface area contributed by atoms with Crippen LogP contribution in [-0.4, -0.2) is 4.89 Å². The van der Waals surface area contributed by atoms with Crippen LogP contribution in [0.25, 0.3) is 0 Å². The Hall–Kier alpha value is -0.390. The van der Waals surface area contributed by atoms with Gasteiger partial charge in [-0.25, -0.2) is 0 Å². The Morgan fingerprint density at radius 3 is 2.54 bits per heavy atom. The average molecular weight is 229 g/mol. The van der Waals surface area contributed by atoms with E-state index in [9.17, 15) is 4.89 Å². The first-order valence-electron chi connectivity index (χ1n) is 3.53. The van der Waals surface area contributed by atoms with Gasteiger partial charge in [0, 0.05) is 5.30 Å². The summed E-state index contributed by atoms with van der Waals surface area (Å²) in [7, 11) is -1.42. The molecular weight excluding hydrogens is 223 g/mol. The van der Waals surface area contributed by atoms with Gasteiger partial charge in [-0.3, -0.25) is 0 Å². The molecule has 1 heterocycles. The van der Waals surface area contributed by atoms with E-state index in [1.165, 1.54) is 0 Å². The summed E-state index contributed by atoms with van der Waals surface area (Å²) in [6.45, 7) is 0. The van der Waals surface area contributed by atoms with E-state index in [2.05, 4.69) is 13.5 Å². The van der Waals surface area contributed by atoms with Gasteiger partial charge in [0.1, 0.15) is 0 Å². The van der Waals surface area contributed by atoms with Crippen LogP contribution in [0, 0.1) is 0 Å². The van der Waals surface area contributed by atoms with E-state index in [1.807, 2.05) is 30.3 Å². The Balaban J connectivity index is 2.53. The van der Waals surface area contributed by atoms with Gasteiger partial charge in [0.2, 0.25) is 7.43 Å². The molecule has 1 aromatic rings. The average Bonchev–Trinajstić information content (AvgIpc) is 2.20. The highest BCUT2D eigenvalue weighted by atomic mass is 31.2. The molecule has 1 aliphatic heterocycles. The lowest BCUT2D eigenvalue weighted by molar-refractivity contribution is 0.626. The van der Waals surface area contributed by atoms with Crippen LogP contribution in [0.3, 0.4) is 0 Å². The van der Waals surface area contributed by atoms with Crippen molar-refractivity contribution in [1.29, 1.82) is 0 Å². The fourth-order valence-electron chi connectivity index (χ4n) is 0.914. The second-order valence-corrected chi connectivity index (χ2v) is 6.51. The van der Waals surface area contributed by atoms with E-state index in [-0.39, 0.29) is 0 Å². The summed E-state index contributed by atoms with van der Waals surface area (Å²) >= 11 is 0. The number of hydrogen-bond donors (Lipinski definition) is 1. The topological polar surface area (TPSA) is 57.3 Å².